The van der Waals surface area contributed by atoms with E-state index in [4.69, 9.17) is 16.3 Å². The summed E-state index contributed by atoms with van der Waals surface area (Å²) in [6, 6.07) is 8.04. The van der Waals surface area contributed by atoms with E-state index in [2.05, 4.69) is 6.07 Å². The number of benzene rings is 1. The molecule has 0 radical (unpaired) electrons. The molecule has 5 heteroatoms. The average Bonchev–Trinajstić information content (AvgIpc) is 2.92. The minimum Gasteiger partial charge on any atom is -0.381 e. The fraction of sp³-hybridized carbons (Fsp3) is 0.562. The van der Waals surface area contributed by atoms with Crippen LogP contribution in [0.1, 0.15) is 23.7 Å². The molecular formula is C16H20ClNO2S. The molecule has 1 aromatic carbocycles. The van der Waals surface area contributed by atoms with E-state index in [0.717, 1.165) is 43.3 Å². The molecule has 0 bridgehead atoms. The number of rotatable bonds is 2. The van der Waals surface area contributed by atoms with Gasteiger partial charge in [0, 0.05) is 35.7 Å². The van der Waals surface area contributed by atoms with Crippen LogP contribution >= 0.6 is 23.4 Å². The molecule has 2 saturated heterocycles. The zero-order valence-corrected chi connectivity index (χ0v) is 13.5. The van der Waals surface area contributed by atoms with Gasteiger partial charge in [-0.25, -0.2) is 0 Å². The Morgan fingerprint density at radius 3 is 2.90 bits per heavy atom. The van der Waals surface area contributed by atoms with Crippen LogP contribution in [0.3, 0.4) is 0 Å². The van der Waals surface area contributed by atoms with Gasteiger partial charge < -0.3 is 9.64 Å². The second kappa shape index (κ2) is 7.03. The van der Waals surface area contributed by atoms with Crippen molar-refractivity contribution < 1.29 is 9.53 Å². The Morgan fingerprint density at radius 1 is 1.29 bits per heavy atom. The van der Waals surface area contributed by atoms with Crippen LogP contribution < -0.4 is 0 Å². The summed E-state index contributed by atoms with van der Waals surface area (Å²) in [6.45, 7) is 2.97. The maximum atomic E-state index is 12.5. The van der Waals surface area contributed by atoms with Gasteiger partial charge in [-0.1, -0.05) is 29.8 Å². The number of halogens is 1. The summed E-state index contributed by atoms with van der Waals surface area (Å²) < 4.78 is 5.34. The van der Waals surface area contributed by atoms with Crippen LogP contribution in [0, 0.1) is 5.92 Å². The van der Waals surface area contributed by atoms with E-state index in [0.29, 0.717) is 11.9 Å². The van der Waals surface area contributed by atoms with Gasteiger partial charge in [0.2, 0.25) is 5.91 Å². The molecule has 2 atom stereocenters. The van der Waals surface area contributed by atoms with Crippen LogP contribution in [0.4, 0.5) is 0 Å². The molecule has 2 heterocycles. The lowest BCUT2D eigenvalue weighted by Gasteiger charge is -2.23. The third-order valence-corrected chi connectivity index (χ3v) is 5.84. The highest BCUT2D eigenvalue weighted by Gasteiger charge is 2.30. The molecule has 114 valence electrons. The van der Waals surface area contributed by atoms with Crippen molar-refractivity contribution >= 4 is 29.3 Å². The van der Waals surface area contributed by atoms with E-state index in [9.17, 15) is 4.79 Å². The Labute approximate surface area is 135 Å². The fourth-order valence-corrected chi connectivity index (χ4v) is 4.56. The van der Waals surface area contributed by atoms with Gasteiger partial charge in [-0.05, 0) is 24.5 Å². The summed E-state index contributed by atoms with van der Waals surface area (Å²) in [7, 11) is 0. The Balaban J connectivity index is 1.64. The van der Waals surface area contributed by atoms with E-state index >= 15 is 0 Å². The van der Waals surface area contributed by atoms with Crippen molar-refractivity contribution in [2.24, 2.45) is 5.92 Å². The van der Waals surface area contributed by atoms with E-state index in [1.165, 1.54) is 5.56 Å². The zero-order valence-electron chi connectivity index (χ0n) is 12.0. The van der Waals surface area contributed by atoms with Crippen molar-refractivity contribution in [3.8, 4) is 0 Å². The molecule has 2 unspecified atom stereocenters. The topological polar surface area (TPSA) is 29.5 Å². The van der Waals surface area contributed by atoms with Crippen molar-refractivity contribution in [1.82, 2.24) is 4.90 Å². The molecule has 0 saturated carbocycles. The predicted molar refractivity (Wildman–Crippen MR) is 86.8 cm³/mol. The molecule has 0 aliphatic carbocycles. The Bertz CT molecular complexity index is 505. The van der Waals surface area contributed by atoms with Crippen LogP contribution in [0.15, 0.2) is 24.3 Å². The quantitative estimate of drug-likeness (QED) is 0.835. The van der Waals surface area contributed by atoms with Gasteiger partial charge in [0.25, 0.3) is 0 Å². The van der Waals surface area contributed by atoms with Crippen LogP contribution in [-0.2, 0) is 9.53 Å². The first-order valence-corrected chi connectivity index (χ1v) is 8.91. The molecular weight excluding hydrogens is 306 g/mol. The molecule has 3 nitrogen and oxygen atoms in total. The Morgan fingerprint density at radius 2 is 2.14 bits per heavy atom. The molecule has 2 fully saturated rings. The van der Waals surface area contributed by atoms with E-state index < -0.39 is 0 Å². The number of thioether (sulfide) groups is 1. The van der Waals surface area contributed by atoms with Crippen molar-refractivity contribution in [2.45, 2.75) is 18.1 Å². The molecule has 2 aliphatic rings. The largest absolute Gasteiger partial charge is 0.381 e. The SMILES string of the molecule is O=C(C1CCOC1)N1CCSC(c2ccccc2Cl)CC1. The molecule has 3 rings (SSSR count). The van der Waals surface area contributed by atoms with E-state index in [1.807, 2.05) is 34.9 Å². The molecule has 0 spiro atoms. The first-order valence-electron chi connectivity index (χ1n) is 7.48. The normalized spacial score (nSPS) is 26.6. The summed E-state index contributed by atoms with van der Waals surface area (Å²) in [5.74, 6) is 1.31. The zero-order chi connectivity index (χ0) is 14.7. The number of amides is 1. The lowest BCUT2D eigenvalue weighted by Crippen LogP contribution is -2.37. The maximum absolute atomic E-state index is 12.5. The molecule has 1 aromatic rings. The lowest BCUT2D eigenvalue weighted by atomic mass is 10.1. The van der Waals surface area contributed by atoms with Gasteiger partial charge in [0.1, 0.15) is 0 Å². The van der Waals surface area contributed by atoms with Gasteiger partial charge in [-0.3, -0.25) is 4.79 Å². The Kier molecular flexibility index (Phi) is 5.09. The summed E-state index contributed by atoms with van der Waals surface area (Å²) in [5.41, 5.74) is 1.20. The van der Waals surface area contributed by atoms with Gasteiger partial charge in [-0.15, -0.1) is 0 Å². The lowest BCUT2D eigenvalue weighted by molar-refractivity contribution is -0.135. The molecule has 1 amide bonds. The third-order valence-electron chi connectivity index (χ3n) is 4.18. The van der Waals surface area contributed by atoms with Crippen molar-refractivity contribution in [3.05, 3.63) is 34.9 Å². The number of carbonyl (C=O) groups excluding carboxylic acids is 1. The van der Waals surface area contributed by atoms with Crippen molar-refractivity contribution in [3.63, 3.8) is 0 Å². The number of carbonyl (C=O) groups is 1. The first kappa shape index (κ1) is 15.2. The molecule has 0 N–H and O–H groups in total. The first-order chi connectivity index (χ1) is 10.3. The van der Waals surface area contributed by atoms with Crippen LogP contribution in [0.2, 0.25) is 5.02 Å². The highest BCUT2D eigenvalue weighted by Crippen LogP contribution is 2.38. The molecule has 2 aliphatic heterocycles. The predicted octanol–water partition coefficient (Wildman–Crippen LogP) is 3.38. The van der Waals surface area contributed by atoms with Crippen molar-refractivity contribution in [2.75, 3.05) is 32.1 Å². The Hall–Kier alpha value is -0.710. The van der Waals surface area contributed by atoms with E-state index in [-0.39, 0.29) is 11.8 Å². The summed E-state index contributed by atoms with van der Waals surface area (Å²) in [5, 5.41) is 1.22. The number of nitrogens with zero attached hydrogens (tertiary/aromatic N) is 1. The van der Waals surface area contributed by atoms with Gasteiger partial charge in [-0.2, -0.15) is 11.8 Å². The second-order valence-electron chi connectivity index (χ2n) is 5.56. The number of ether oxygens (including phenoxy) is 1. The number of hydrogen-bond acceptors (Lipinski definition) is 3. The van der Waals surface area contributed by atoms with Gasteiger partial charge in [0.05, 0.1) is 12.5 Å². The van der Waals surface area contributed by atoms with Gasteiger partial charge >= 0.3 is 0 Å². The minimum absolute atomic E-state index is 0.0758. The molecule has 0 aromatic heterocycles. The highest BCUT2D eigenvalue weighted by atomic mass is 35.5. The van der Waals surface area contributed by atoms with Gasteiger partial charge in [0.15, 0.2) is 0 Å². The monoisotopic (exact) mass is 325 g/mol. The second-order valence-corrected chi connectivity index (χ2v) is 7.27. The third kappa shape index (κ3) is 3.55. The highest BCUT2D eigenvalue weighted by molar-refractivity contribution is 7.99. The van der Waals surface area contributed by atoms with Crippen LogP contribution in [0.5, 0.6) is 0 Å². The summed E-state index contributed by atoms with van der Waals surface area (Å²) >= 11 is 8.21. The van der Waals surface area contributed by atoms with E-state index in [1.54, 1.807) is 0 Å². The smallest absolute Gasteiger partial charge is 0.228 e. The maximum Gasteiger partial charge on any atom is 0.228 e. The molecule has 21 heavy (non-hydrogen) atoms. The minimum atomic E-state index is 0.0758. The van der Waals surface area contributed by atoms with Crippen LogP contribution in [0.25, 0.3) is 0 Å². The fourth-order valence-electron chi connectivity index (χ4n) is 2.96. The van der Waals surface area contributed by atoms with Crippen LogP contribution in [-0.4, -0.2) is 42.9 Å². The average molecular weight is 326 g/mol. The summed E-state index contributed by atoms with van der Waals surface area (Å²) in [6.07, 6.45) is 1.84. The summed E-state index contributed by atoms with van der Waals surface area (Å²) in [4.78, 5) is 14.5. The number of hydrogen-bond donors (Lipinski definition) is 0. The standard InChI is InChI=1S/C16H20ClNO2S/c17-14-4-2-1-3-13(14)15-5-7-18(8-10-21-15)16(19)12-6-9-20-11-12/h1-4,12,15H,5-11H2. The van der Waals surface area contributed by atoms with Crippen molar-refractivity contribution in [1.29, 1.82) is 0 Å².